The summed E-state index contributed by atoms with van der Waals surface area (Å²) < 4.78 is 0. The fourth-order valence-corrected chi connectivity index (χ4v) is 2.55. The van der Waals surface area contributed by atoms with Crippen LogP contribution < -0.4 is 0 Å². The van der Waals surface area contributed by atoms with E-state index in [1.807, 2.05) is 60.7 Å². The first-order valence-corrected chi connectivity index (χ1v) is 6.53. The first kappa shape index (κ1) is 12.4. The quantitative estimate of drug-likeness (QED) is 0.891. The van der Waals surface area contributed by atoms with E-state index in [9.17, 15) is 9.90 Å². The van der Waals surface area contributed by atoms with Gasteiger partial charge in [0.2, 0.25) is 0 Å². The van der Waals surface area contributed by atoms with E-state index in [4.69, 9.17) is 0 Å². The number of aliphatic hydroxyl groups excluding tert-OH is 1. The van der Waals surface area contributed by atoms with E-state index in [1.54, 1.807) is 0 Å². The van der Waals surface area contributed by atoms with Crippen molar-refractivity contribution in [2.24, 2.45) is 0 Å². The van der Waals surface area contributed by atoms with E-state index in [2.05, 4.69) is 0 Å². The maximum absolute atomic E-state index is 12.3. The molecule has 0 aliphatic heterocycles. The zero-order chi connectivity index (χ0) is 13.9. The molecule has 0 radical (unpaired) electrons. The molecule has 2 heteroatoms. The predicted octanol–water partition coefficient (Wildman–Crippen LogP) is 3.88. The Kier molecular flexibility index (Phi) is 3.21. The summed E-state index contributed by atoms with van der Waals surface area (Å²) in [6.07, 6.45) is 2.92. The lowest BCUT2D eigenvalue weighted by molar-refractivity contribution is -0.115. The van der Waals surface area contributed by atoms with E-state index in [1.165, 1.54) is 12.2 Å². The summed E-state index contributed by atoms with van der Waals surface area (Å²) >= 11 is 0. The van der Waals surface area contributed by atoms with Gasteiger partial charge >= 0.3 is 0 Å². The molecule has 0 heterocycles. The number of allylic oxidation sites excluding steroid dienone is 3. The minimum Gasteiger partial charge on any atom is -0.508 e. The standard InChI is InChI=1S/C18H14O2/c19-15-11-12-16(20)18(14-9-5-2-6-10-14)17(15)13-7-3-1-4-8-13/h1-12,17,20H. The van der Waals surface area contributed by atoms with Gasteiger partial charge in [0.25, 0.3) is 0 Å². The molecule has 0 saturated heterocycles. The lowest BCUT2D eigenvalue weighted by Crippen LogP contribution is -2.17. The van der Waals surface area contributed by atoms with E-state index < -0.39 is 5.92 Å². The zero-order valence-electron chi connectivity index (χ0n) is 10.9. The van der Waals surface area contributed by atoms with Crippen LogP contribution in [0.15, 0.2) is 78.6 Å². The Hall–Kier alpha value is -2.61. The van der Waals surface area contributed by atoms with Gasteiger partial charge in [-0.05, 0) is 23.3 Å². The molecule has 1 aliphatic carbocycles. The fraction of sp³-hybridized carbons (Fsp3) is 0.0556. The van der Waals surface area contributed by atoms with Gasteiger partial charge in [0, 0.05) is 5.57 Å². The van der Waals surface area contributed by atoms with Crippen LogP contribution in [-0.4, -0.2) is 10.9 Å². The van der Waals surface area contributed by atoms with Crippen LogP contribution in [0, 0.1) is 0 Å². The number of carbonyl (C=O) groups excluding carboxylic acids is 1. The smallest absolute Gasteiger partial charge is 0.167 e. The molecular weight excluding hydrogens is 248 g/mol. The molecule has 0 spiro atoms. The second kappa shape index (κ2) is 5.17. The molecule has 2 aromatic rings. The summed E-state index contributed by atoms with van der Waals surface area (Å²) in [4.78, 5) is 12.3. The first-order valence-electron chi connectivity index (χ1n) is 6.53. The number of carbonyl (C=O) groups is 1. The number of benzene rings is 2. The molecule has 2 aromatic carbocycles. The molecule has 1 aliphatic rings. The maximum atomic E-state index is 12.3. The molecule has 0 saturated carbocycles. The third-order valence-corrected chi connectivity index (χ3v) is 3.47. The lowest BCUT2D eigenvalue weighted by Gasteiger charge is -2.22. The second-order valence-corrected chi connectivity index (χ2v) is 4.74. The van der Waals surface area contributed by atoms with Gasteiger partial charge in [-0.25, -0.2) is 0 Å². The lowest BCUT2D eigenvalue weighted by atomic mass is 9.80. The van der Waals surface area contributed by atoms with Gasteiger partial charge in [0.05, 0.1) is 5.92 Å². The molecule has 3 rings (SSSR count). The molecule has 0 fully saturated rings. The highest BCUT2D eigenvalue weighted by Gasteiger charge is 2.29. The minimum absolute atomic E-state index is 0.00662. The van der Waals surface area contributed by atoms with Crippen LogP contribution in [0.25, 0.3) is 5.57 Å². The highest BCUT2D eigenvalue weighted by molar-refractivity contribution is 6.07. The molecule has 0 aromatic heterocycles. The number of aliphatic hydroxyl groups is 1. The first-order chi connectivity index (χ1) is 9.77. The SMILES string of the molecule is O=C1C=CC(O)=C(c2ccccc2)C1c1ccccc1. The second-order valence-electron chi connectivity index (χ2n) is 4.74. The van der Waals surface area contributed by atoms with Crippen molar-refractivity contribution in [3.8, 4) is 0 Å². The number of hydrogen-bond acceptors (Lipinski definition) is 2. The largest absolute Gasteiger partial charge is 0.508 e. The van der Waals surface area contributed by atoms with E-state index in [0.717, 1.165) is 11.1 Å². The average Bonchev–Trinajstić information content (AvgIpc) is 2.51. The molecular formula is C18H14O2. The van der Waals surface area contributed by atoms with Crippen LogP contribution >= 0.6 is 0 Å². The number of hydrogen-bond donors (Lipinski definition) is 1. The van der Waals surface area contributed by atoms with Gasteiger partial charge in [-0.1, -0.05) is 60.7 Å². The molecule has 0 bridgehead atoms. The predicted molar refractivity (Wildman–Crippen MR) is 79.3 cm³/mol. The topological polar surface area (TPSA) is 37.3 Å². The monoisotopic (exact) mass is 262 g/mol. The molecule has 1 N–H and O–H groups in total. The van der Waals surface area contributed by atoms with Gasteiger partial charge < -0.3 is 5.11 Å². The Labute approximate surface area is 117 Å². The van der Waals surface area contributed by atoms with Crippen molar-refractivity contribution < 1.29 is 9.90 Å². The summed E-state index contributed by atoms with van der Waals surface area (Å²) in [5.74, 6) is -0.291. The highest BCUT2D eigenvalue weighted by Crippen LogP contribution is 2.37. The average molecular weight is 262 g/mol. The Morgan fingerprint density at radius 1 is 0.800 bits per heavy atom. The van der Waals surface area contributed by atoms with Crippen molar-refractivity contribution in [3.63, 3.8) is 0 Å². The summed E-state index contributed by atoms with van der Waals surface area (Å²) in [7, 11) is 0. The summed E-state index contributed by atoms with van der Waals surface area (Å²) in [6, 6.07) is 19.1. The molecule has 1 atom stereocenters. The Balaban J connectivity index is 2.16. The van der Waals surface area contributed by atoms with Crippen molar-refractivity contribution in [3.05, 3.63) is 89.7 Å². The van der Waals surface area contributed by atoms with Crippen LogP contribution in [0.2, 0.25) is 0 Å². The van der Waals surface area contributed by atoms with E-state index in [0.29, 0.717) is 5.57 Å². The van der Waals surface area contributed by atoms with Crippen LogP contribution in [0.3, 0.4) is 0 Å². The Morgan fingerprint density at radius 2 is 1.40 bits per heavy atom. The van der Waals surface area contributed by atoms with E-state index >= 15 is 0 Å². The summed E-state index contributed by atoms with van der Waals surface area (Å²) in [5, 5.41) is 10.2. The van der Waals surface area contributed by atoms with Crippen LogP contribution in [-0.2, 0) is 4.79 Å². The summed E-state index contributed by atoms with van der Waals surface area (Å²) in [5.41, 5.74) is 2.44. The van der Waals surface area contributed by atoms with Crippen molar-refractivity contribution in [1.29, 1.82) is 0 Å². The van der Waals surface area contributed by atoms with Crippen molar-refractivity contribution in [1.82, 2.24) is 0 Å². The van der Waals surface area contributed by atoms with Gasteiger partial charge in [0.15, 0.2) is 5.78 Å². The van der Waals surface area contributed by atoms with Crippen molar-refractivity contribution in [2.45, 2.75) is 5.92 Å². The third kappa shape index (κ3) is 2.16. The van der Waals surface area contributed by atoms with Crippen LogP contribution in [0.4, 0.5) is 0 Å². The molecule has 0 amide bonds. The fourth-order valence-electron chi connectivity index (χ4n) is 2.55. The van der Waals surface area contributed by atoms with Gasteiger partial charge in [-0.2, -0.15) is 0 Å². The number of rotatable bonds is 2. The third-order valence-electron chi connectivity index (χ3n) is 3.47. The zero-order valence-corrected chi connectivity index (χ0v) is 10.9. The van der Waals surface area contributed by atoms with Crippen molar-refractivity contribution in [2.75, 3.05) is 0 Å². The Morgan fingerprint density at radius 3 is 2.05 bits per heavy atom. The van der Waals surface area contributed by atoms with Crippen molar-refractivity contribution >= 4 is 11.4 Å². The maximum Gasteiger partial charge on any atom is 0.167 e. The molecule has 98 valence electrons. The molecule has 1 unspecified atom stereocenters. The highest BCUT2D eigenvalue weighted by atomic mass is 16.3. The van der Waals surface area contributed by atoms with Gasteiger partial charge in [0.1, 0.15) is 5.76 Å². The number of ketones is 1. The van der Waals surface area contributed by atoms with Crippen LogP contribution in [0.1, 0.15) is 17.0 Å². The van der Waals surface area contributed by atoms with Gasteiger partial charge in [-0.15, -0.1) is 0 Å². The Bertz CT molecular complexity index is 682. The van der Waals surface area contributed by atoms with E-state index in [-0.39, 0.29) is 11.5 Å². The van der Waals surface area contributed by atoms with Gasteiger partial charge in [-0.3, -0.25) is 4.79 Å². The summed E-state index contributed by atoms with van der Waals surface area (Å²) in [6.45, 7) is 0. The van der Waals surface area contributed by atoms with Crippen LogP contribution in [0.5, 0.6) is 0 Å². The minimum atomic E-state index is -0.441. The molecule has 20 heavy (non-hydrogen) atoms. The molecule has 2 nitrogen and oxygen atoms in total. The normalized spacial score (nSPS) is 18.4.